The maximum Gasteiger partial charge on any atom is 0.237 e. The fourth-order valence-electron chi connectivity index (χ4n) is 3.52. The van der Waals surface area contributed by atoms with Gasteiger partial charge >= 0.3 is 0 Å². The molecule has 1 heterocycles. The molecule has 0 N–H and O–H groups in total. The average Bonchev–Trinajstić information content (AvgIpc) is 3.40. The standard InChI is InChI=1S/C20H31N3O/c1-17(2)14-21-10-12-22(13-11-21)16-20(24)23(19-8-9-19)15-18-6-4-3-5-7-18/h3-7,17,19H,8-16H2,1-2H3. The minimum absolute atomic E-state index is 0.304. The zero-order valence-corrected chi connectivity index (χ0v) is 15.2. The van der Waals surface area contributed by atoms with Crippen LogP contribution in [-0.4, -0.2) is 65.9 Å². The molecule has 4 heteroatoms. The zero-order chi connectivity index (χ0) is 16.9. The van der Waals surface area contributed by atoms with Gasteiger partial charge in [-0.3, -0.25) is 9.69 Å². The third-order valence-electron chi connectivity index (χ3n) is 4.95. The van der Waals surface area contributed by atoms with E-state index in [-0.39, 0.29) is 0 Å². The molecule has 0 unspecified atom stereocenters. The summed E-state index contributed by atoms with van der Waals surface area (Å²) in [4.78, 5) is 19.8. The number of carbonyl (C=O) groups is 1. The smallest absolute Gasteiger partial charge is 0.237 e. The van der Waals surface area contributed by atoms with E-state index in [1.165, 1.54) is 24.9 Å². The second kappa shape index (κ2) is 8.13. The predicted molar refractivity (Wildman–Crippen MR) is 97.7 cm³/mol. The van der Waals surface area contributed by atoms with Gasteiger partial charge in [-0.1, -0.05) is 44.2 Å². The van der Waals surface area contributed by atoms with Gasteiger partial charge in [-0.25, -0.2) is 0 Å². The summed E-state index contributed by atoms with van der Waals surface area (Å²) < 4.78 is 0. The van der Waals surface area contributed by atoms with Gasteiger partial charge in [-0.05, 0) is 24.3 Å². The molecule has 0 aromatic heterocycles. The Bertz CT molecular complexity index is 519. The highest BCUT2D eigenvalue weighted by Gasteiger charge is 2.33. The van der Waals surface area contributed by atoms with Gasteiger partial charge in [0.1, 0.15) is 0 Å². The lowest BCUT2D eigenvalue weighted by molar-refractivity contribution is -0.134. The summed E-state index contributed by atoms with van der Waals surface area (Å²) in [6, 6.07) is 10.8. The van der Waals surface area contributed by atoms with Gasteiger partial charge in [-0.15, -0.1) is 0 Å². The number of hydrogen-bond donors (Lipinski definition) is 0. The highest BCUT2D eigenvalue weighted by atomic mass is 16.2. The second-order valence-corrected chi connectivity index (χ2v) is 7.71. The van der Waals surface area contributed by atoms with E-state index >= 15 is 0 Å². The van der Waals surface area contributed by atoms with E-state index < -0.39 is 0 Å². The monoisotopic (exact) mass is 329 g/mol. The normalized spacial score (nSPS) is 19.6. The van der Waals surface area contributed by atoms with Crippen LogP contribution in [0.2, 0.25) is 0 Å². The lowest BCUT2D eigenvalue weighted by atomic mass is 10.2. The van der Waals surface area contributed by atoms with Crippen LogP contribution < -0.4 is 0 Å². The molecule has 0 atom stereocenters. The molecule has 1 saturated heterocycles. The first kappa shape index (κ1) is 17.4. The third-order valence-corrected chi connectivity index (χ3v) is 4.95. The Morgan fingerprint density at radius 1 is 1.08 bits per heavy atom. The summed E-state index contributed by atoms with van der Waals surface area (Å²) in [5.74, 6) is 1.02. The highest BCUT2D eigenvalue weighted by molar-refractivity contribution is 5.79. The molecule has 1 aliphatic carbocycles. The Kier molecular flexibility index (Phi) is 5.90. The molecule has 1 aromatic carbocycles. The van der Waals surface area contributed by atoms with Crippen LogP contribution >= 0.6 is 0 Å². The lowest BCUT2D eigenvalue weighted by Crippen LogP contribution is -2.50. The van der Waals surface area contributed by atoms with Crippen molar-refractivity contribution in [1.82, 2.24) is 14.7 Å². The summed E-state index contributed by atoms with van der Waals surface area (Å²) in [5.41, 5.74) is 1.24. The lowest BCUT2D eigenvalue weighted by Gasteiger charge is -2.36. The van der Waals surface area contributed by atoms with Gasteiger partial charge in [0.2, 0.25) is 5.91 Å². The number of nitrogens with zero attached hydrogens (tertiary/aromatic N) is 3. The quantitative estimate of drug-likeness (QED) is 0.769. The van der Waals surface area contributed by atoms with Gasteiger partial charge in [0.25, 0.3) is 0 Å². The largest absolute Gasteiger partial charge is 0.334 e. The van der Waals surface area contributed by atoms with E-state index in [2.05, 4.69) is 52.8 Å². The Morgan fingerprint density at radius 3 is 2.29 bits per heavy atom. The average molecular weight is 329 g/mol. The number of rotatable bonds is 7. The molecule has 24 heavy (non-hydrogen) atoms. The van der Waals surface area contributed by atoms with Crippen LogP contribution in [0.15, 0.2) is 30.3 Å². The first-order valence-corrected chi connectivity index (χ1v) is 9.40. The first-order valence-electron chi connectivity index (χ1n) is 9.40. The predicted octanol–water partition coefficient (Wildman–Crippen LogP) is 2.45. The molecule has 0 spiro atoms. The molecule has 2 fully saturated rings. The Labute approximate surface area is 146 Å². The SMILES string of the molecule is CC(C)CN1CCN(CC(=O)N(Cc2ccccc2)C2CC2)CC1. The first-order chi connectivity index (χ1) is 11.6. The fraction of sp³-hybridized carbons (Fsp3) is 0.650. The number of carbonyl (C=O) groups excluding carboxylic acids is 1. The molecule has 4 nitrogen and oxygen atoms in total. The van der Waals surface area contributed by atoms with Crippen LogP contribution in [-0.2, 0) is 11.3 Å². The van der Waals surface area contributed by atoms with Crippen molar-refractivity contribution in [2.75, 3.05) is 39.3 Å². The molecule has 0 radical (unpaired) electrons. The summed E-state index contributed by atoms with van der Waals surface area (Å²) in [6.07, 6.45) is 2.33. The second-order valence-electron chi connectivity index (χ2n) is 7.71. The van der Waals surface area contributed by atoms with Gasteiger partial charge in [-0.2, -0.15) is 0 Å². The molecular weight excluding hydrogens is 298 g/mol. The topological polar surface area (TPSA) is 26.8 Å². The molecule has 1 amide bonds. The van der Waals surface area contributed by atoms with Crippen molar-refractivity contribution >= 4 is 5.91 Å². The van der Waals surface area contributed by atoms with E-state index in [4.69, 9.17) is 0 Å². The molecule has 3 rings (SSSR count). The van der Waals surface area contributed by atoms with Crippen molar-refractivity contribution in [1.29, 1.82) is 0 Å². The Hall–Kier alpha value is -1.39. The van der Waals surface area contributed by atoms with Crippen LogP contribution in [0, 0.1) is 5.92 Å². The van der Waals surface area contributed by atoms with Crippen LogP contribution in [0.3, 0.4) is 0 Å². The van der Waals surface area contributed by atoms with Crippen LogP contribution in [0.4, 0.5) is 0 Å². The van der Waals surface area contributed by atoms with Crippen LogP contribution in [0.5, 0.6) is 0 Å². The van der Waals surface area contributed by atoms with Crippen molar-refractivity contribution in [3.63, 3.8) is 0 Å². The molecule has 2 aliphatic rings. The number of hydrogen-bond acceptors (Lipinski definition) is 3. The van der Waals surface area contributed by atoms with Crippen molar-refractivity contribution in [2.24, 2.45) is 5.92 Å². The summed E-state index contributed by atoms with van der Waals surface area (Å²) in [7, 11) is 0. The maximum absolute atomic E-state index is 12.8. The Morgan fingerprint density at radius 2 is 1.71 bits per heavy atom. The van der Waals surface area contributed by atoms with E-state index in [0.29, 0.717) is 18.5 Å². The molecule has 1 saturated carbocycles. The van der Waals surface area contributed by atoms with Gasteiger partial charge in [0, 0.05) is 45.3 Å². The van der Waals surface area contributed by atoms with Crippen molar-refractivity contribution in [3.8, 4) is 0 Å². The van der Waals surface area contributed by atoms with Crippen LogP contribution in [0.25, 0.3) is 0 Å². The Balaban J connectivity index is 1.50. The summed E-state index contributed by atoms with van der Waals surface area (Å²) in [6.45, 7) is 11.3. The van der Waals surface area contributed by atoms with Crippen molar-refractivity contribution < 1.29 is 4.79 Å². The number of amides is 1. The van der Waals surface area contributed by atoms with E-state index in [0.717, 1.165) is 38.6 Å². The zero-order valence-electron chi connectivity index (χ0n) is 15.2. The van der Waals surface area contributed by atoms with Gasteiger partial charge < -0.3 is 9.80 Å². The minimum Gasteiger partial charge on any atom is -0.334 e. The summed E-state index contributed by atoms with van der Waals surface area (Å²) in [5, 5.41) is 0. The molecule has 0 bridgehead atoms. The molecule has 1 aliphatic heterocycles. The molecule has 1 aromatic rings. The number of benzene rings is 1. The highest BCUT2D eigenvalue weighted by Crippen LogP contribution is 2.28. The van der Waals surface area contributed by atoms with E-state index in [1.807, 2.05) is 6.07 Å². The molecule has 132 valence electrons. The van der Waals surface area contributed by atoms with E-state index in [1.54, 1.807) is 0 Å². The van der Waals surface area contributed by atoms with Gasteiger partial charge in [0.05, 0.1) is 6.54 Å². The fourth-order valence-corrected chi connectivity index (χ4v) is 3.52. The number of piperazine rings is 1. The van der Waals surface area contributed by atoms with Crippen molar-refractivity contribution in [2.45, 2.75) is 39.3 Å². The van der Waals surface area contributed by atoms with Gasteiger partial charge in [0.15, 0.2) is 0 Å². The van der Waals surface area contributed by atoms with Crippen LogP contribution in [0.1, 0.15) is 32.3 Å². The van der Waals surface area contributed by atoms with E-state index in [9.17, 15) is 4.79 Å². The third kappa shape index (κ3) is 5.05. The van der Waals surface area contributed by atoms with Crippen molar-refractivity contribution in [3.05, 3.63) is 35.9 Å². The molecular formula is C20H31N3O. The summed E-state index contributed by atoms with van der Waals surface area (Å²) >= 11 is 0. The maximum atomic E-state index is 12.8. The minimum atomic E-state index is 0.304.